The number of hydrogen-bond donors (Lipinski definition) is 1. The maximum Gasteiger partial charge on any atom is 0.247 e. The van der Waals surface area contributed by atoms with Gasteiger partial charge in [-0.1, -0.05) is 31.2 Å². The molecule has 0 saturated heterocycles. The van der Waals surface area contributed by atoms with Gasteiger partial charge >= 0.3 is 0 Å². The van der Waals surface area contributed by atoms with Crippen molar-refractivity contribution >= 4 is 16.1 Å². The van der Waals surface area contributed by atoms with E-state index in [4.69, 9.17) is 4.74 Å². The van der Waals surface area contributed by atoms with Crippen LogP contribution in [-0.2, 0) is 16.6 Å². The van der Waals surface area contributed by atoms with E-state index in [-0.39, 0.29) is 30.1 Å². The molecule has 3 atom stereocenters. The van der Waals surface area contributed by atoms with Crippen molar-refractivity contribution in [3.8, 4) is 5.75 Å². The average molecular weight is 460 g/mol. The molecule has 1 aromatic heterocycles. The maximum absolute atomic E-state index is 13.5. The molecule has 1 aliphatic heterocycles. The van der Waals surface area contributed by atoms with Crippen LogP contribution in [0.4, 0.5) is 0 Å². The molecule has 0 unspecified atom stereocenters. The van der Waals surface area contributed by atoms with E-state index in [0.29, 0.717) is 18.8 Å². The number of aromatic nitrogens is 1. The molecule has 0 bridgehead atoms. The van der Waals surface area contributed by atoms with Crippen molar-refractivity contribution in [3.05, 3.63) is 59.9 Å². The van der Waals surface area contributed by atoms with Crippen LogP contribution in [0, 0.1) is 5.92 Å². The van der Waals surface area contributed by atoms with Gasteiger partial charge in [-0.3, -0.25) is 9.88 Å². The Morgan fingerprint density at radius 2 is 2.12 bits per heavy atom. The fourth-order valence-corrected chi connectivity index (χ4v) is 5.72. The topological polar surface area (TPSA) is 83.0 Å². The van der Waals surface area contributed by atoms with Crippen LogP contribution in [0.2, 0.25) is 0 Å². The van der Waals surface area contributed by atoms with Gasteiger partial charge in [0.05, 0.1) is 12.3 Å². The fourth-order valence-electron chi connectivity index (χ4n) is 3.90. The first-order chi connectivity index (χ1) is 15.3. The van der Waals surface area contributed by atoms with Gasteiger partial charge in [0, 0.05) is 37.8 Å². The summed E-state index contributed by atoms with van der Waals surface area (Å²) in [6, 6.07) is 10.4. The van der Waals surface area contributed by atoms with E-state index < -0.39 is 16.1 Å². The molecule has 7 nitrogen and oxygen atoms in total. The second-order valence-corrected chi connectivity index (χ2v) is 10.3. The summed E-state index contributed by atoms with van der Waals surface area (Å²) in [6.45, 7) is 6.91. The van der Waals surface area contributed by atoms with Gasteiger partial charge in [0.25, 0.3) is 0 Å². The van der Waals surface area contributed by atoms with Crippen molar-refractivity contribution in [2.45, 2.75) is 44.4 Å². The molecule has 174 valence electrons. The second-order valence-electron chi connectivity index (χ2n) is 8.46. The summed E-state index contributed by atoms with van der Waals surface area (Å²) in [5.41, 5.74) is 1.83. The van der Waals surface area contributed by atoms with E-state index in [2.05, 4.69) is 9.88 Å². The van der Waals surface area contributed by atoms with E-state index in [1.807, 2.05) is 51.2 Å². The largest absolute Gasteiger partial charge is 0.487 e. The van der Waals surface area contributed by atoms with Crippen molar-refractivity contribution < 1.29 is 18.3 Å². The molecule has 0 fully saturated rings. The van der Waals surface area contributed by atoms with Gasteiger partial charge in [0.2, 0.25) is 10.0 Å². The Balaban J connectivity index is 1.97. The van der Waals surface area contributed by atoms with Gasteiger partial charge in [0.15, 0.2) is 0 Å². The first-order valence-corrected chi connectivity index (χ1v) is 12.3. The summed E-state index contributed by atoms with van der Waals surface area (Å²) in [5, 5.41) is 9.74. The number of sulfonamides is 1. The van der Waals surface area contributed by atoms with Crippen molar-refractivity contribution in [2.75, 3.05) is 26.7 Å². The summed E-state index contributed by atoms with van der Waals surface area (Å²) < 4.78 is 34.7. The van der Waals surface area contributed by atoms with Crippen molar-refractivity contribution in [1.29, 1.82) is 0 Å². The highest BCUT2D eigenvalue weighted by Gasteiger charge is 2.38. The zero-order valence-electron chi connectivity index (χ0n) is 19.2. The lowest BCUT2D eigenvalue weighted by Crippen LogP contribution is -2.49. The third-order valence-electron chi connectivity index (χ3n) is 5.70. The zero-order chi connectivity index (χ0) is 23.3. The number of benzene rings is 1. The van der Waals surface area contributed by atoms with Crippen LogP contribution in [0.5, 0.6) is 5.75 Å². The molecule has 8 heteroatoms. The quantitative estimate of drug-likeness (QED) is 0.685. The minimum Gasteiger partial charge on any atom is -0.487 e. The summed E-state index contributed by atoms with van der Waals surface area (Å²) in [6.07, 6.45) is 5.34. The lowest BCUT2D eigenvalue weighted by molar-refractivity contribution is 0.0730. The third kappa shape index (κ3) is 5.56. The first-order valence-electron chi connectivity index (χ1n) is 10.9. The van der Waals surface area contributed by atoms with Gasteiger partial charge in [-0.2, -0.15) is 4.31 Å². The highest BCUT2D eigenvalue weighted by atomic mass is 32.2. The standard InChI is InChI=1S/C24H33N3O4S/c1-5-8-20-10-11-24-22(13-20)31-23(16-26(4)15-21-9-6-7-12-25-21)18(2)14-27(19(3)17-28)32(24,29)30/h5-13,18-19,23,28H,14-17H2,1-4H3/b8-5+/t18-,19-,23-/m1/s1. The number of nitrogens with zero attached hydrogens (tertiary/aromatic N) is 3. The SMILES string of the molecule is C/C=C/c1ccc2c(c1)O[C@H](CN(C)Cc1ccccn1)[C@H](C)CN([C@H](C)CO)S2(=O)=O. The molecule has 0 spiro atoms. The third-order valence-corrected chi connectivity index (χ3v) is 7.72. The van der Waals surface area contributed by atoms with Gasteiger partial charge in [0.1, 0.15) is 16.7 Å². The predicted octanol–water partition coefficient (Wildman–Crippen LogP) is 3.02. The van der Waals surface area contributed by atoms with Crippen LogP contribution in [-0.4, -0.2) is 66.6 Å². The van der Waals surface area contributed by atoms with Crippen LogP contribution in [0.15, 0.2) is 53.6 Å². The van der Waals surface area contributed by atoms with E-state index in [9.17, 15) is 13.5 Å². The second kappa shape index (κ2) is 10.6. The number of allylic oxidation sites excluding steroid dienone is 1. The van der Waals surface area contributed by atoms with Crippen LogP contribution < -0.4 is 4.74 Å². The zero-order valence-corrected chi connectivity index (χ0v) is 20.0. The Morgan fingerprint density at radius 3 is 2.78 bits per heavy atom. The number of aliphatic hydroxyl groups is 1. The summed E-state index contributed by atoms with van der Waals surface area (Å²) in [7, 11) is -1.81. The molecule has 1 N–H and O–H groups in total. The lowest BCUT2D eigenvalue weighted by Gasteiger charge is -2.37. The number of ether oxygens (including phenoxy) is 1. The van der Waals surface area contributed by atoms with Crippen LogP contribution in [0.1, 0.15) is 32.0 Å². The molecule has 0 aliphatic carbocycles. The molecule has 1 aromatic carbocycles. The van der Waals surface area contributed by atoms with Gasteiger partial charge in [-0.25, -0.2) is 8.42 Å². The van der Waals surface area contributed by atoms with Crippen LogP contribution in [0.3, 0.4) is 0 Å². The van der Waals surface area contributed by atoms with Gasteiger partial charge < -0.3 is 9.84 Å². The Bertz CT molecular complexity index is 1030. The van der Waals surface area contributed by atoms with Crippen LogP contribution in [0.25, 0.3) is 6.08 Å². The van der Waals surface area contributed by atoms with E-state index >= 15 is 0 Å². The molecule has 1 aliphatic rings. The van der Waals surface area contributed by atoms with E-state index in [1.165, 1.54) is 4.31 Å². The fraction of sp³-hybridized carbons (Fsp3) is 0.458. The first kappa shape index (κ1) is 24.4. The Kier molecular flexibility index (Phi) is 8.05. The smallest absolute Gasteiger partial charge is 0.247 e. The van der Waals surface area contributed by atoms with Gasteiger partial charge in [-0.05, 0) is 50.7 Å². The van der Waals surface area contributed by atoms with Crippen LogP contribution >= 0.6 is 0 Å². The lowest BCUT2D eigenvalue weighted by atomic mass is 10.0. The number of rotatable bonds is 7. The van der Waals surface area contributed by atoms with Crippen molar-refractivity contribution in [2.24, 2.45) is 5.92 Å². The van der Waals surface area contributed by atoms with Crippen molar-refractivity contribution in [1.82, 2.24) is 14.2 Å². The summed E-state index contributed by atoms with van der Waals surface area (Å²) in [4.78, 5) is 6.66. The maximum atomic E-state index is 13.5. The number of hydrogen-bond acceptors (Lipinski definition) is 6. The van der Waals surface area contributed by atoms with E-state index in [1.54, 1.807) is 31.3 Å². The Labute approximate surface area is 191 Å². The predicted molar refractivity (Wildman–Crippen MR) is 126 cm³/mol. The van der Waals surface area contributed by atoms with Crippen molar-refractivity contribution in [3.63, 3.8) is 0 Å². The molecule has 3 rings (SSSR count). The summed E-state index contributed by atoms with van der Waals surface area (Å²) >= 11 is 0. The van der Waals surface area contributed by atoms with E-state index in [0.717, 1.165) is 11.3 Å². The number of pyridine rings is 1. The number of likely N-dealkylation sites (N-methyl/N-ethyl adjacent to an activating group) is 1. The highest BCUT2D eigenvalue weighted by Crippen LogP contribution is 2.34. The highest BCUT2D eigenvalue weighted by molar-refractivity contribution is 7.89. The average Bonchev–Trinajstić information content (AvgIpc) is 2.76. The molecule has 0 amide bonds. The Hall–Kier alpha value is -2.26. The molecular formula is C24H33N3O4S. The minimum atomic E-state index is -3.82. The molecule has 32 heavy (non-hydrogen) atoms. The molecule has 0 radical (unpaired) electrons. The molecule has 2 aromatic rings. The number of fused-ring (bicyclic) bond motifs is 1. The monoisotopic (exact) mass is 459 g/mol. The summed E-state index contributed by atoms with van der Waals surface area (Å²) in [5.74, 6) is 0.252. The molecule has 2 heterocycles. The normalized spacial score (nSPS) is 22.2. The number of aliphatic hydroxyl groups excluding tert-OH is 1. The Morgan fingerprint density at radius 1 is 1.34 bits per heavy atom. The minimum absolute atomic E-state index is 0.0940. The molecule has 0 saturated carbocycles. The molecular weight excluding hydrogens is 426 g/mol. The van der Waals surface area contributed by atoms with Gasteiger partial charge in [-0.15, -0.1) is 0 Å².